The molecule has 2 heterocycles. The Morgan fingerprint density at radius 3 is 2.55 bits per heavy atom. The van der Waals surface area contributed by atoms with E-state index in [4.69, 9.17) is 4.74 Å². The Morgan fingerprint density at radius 1 is 1.10 bits per heavy atom. The summed E-state index contributed by atoms with van der Waals surface area (Å²) in [5.74, 6) is 2.24. The van der Waals surface area contributed by atoms with Gasteiger partial charge in [-0.15, -0.1) is 0 Å². The van der Waals surface area contributed by atoms with Gasteiger partial charge in [-0.25, -0.2) is 9.97 Å². The van der Waals surface area contributed by atoms with E-state index in [9.17, 15) is 0 Å². The number of nitrogens with zero attached hydrogens (tertiary/aromatic N) is 3. The van der Waals surface area contributed by atoms with Crippen LogP contribution in [-0.2, 0) is 0 Å². The largest absolute Gasteiger partial charge is 0.454 e. The first-order chi connectivity index (χ1) is 9.81. The van der Waals surface area contributed by atoms with E-state index in [0.29, 0.717) is 5.75 Å². The van der Waals surface area contributed by atoms with Crippen molar-refractivity contribution in [3.63, 3.8) is 0 Å². The van der Waals surface area contributed by atoms with E-state index in [1.165, 1.54) is 5.56 Å². The van der Waals surface area contributed by atoms with Gasteiger partial charge in [-0.2, -0.15) is 0 Å². The van der Waals surface area contributed by atoms with Crippen LogP contribution in [0.1, 0.15) is 5.56 Å². The molecule has 0 aliphatic carbocycles. The highest BCUT2D eigenvalue weighted by molar-refractivity contribution is 5.35. The Hall–Kier alpha value is -2.14. The van der Waals surface area contributed by atoms with Gasteiger partial charge >= 0.3 is 0 Å². The molecule has 1 aromatic carbocycles. The smallest absolute Gasteiger partial charge is 0.225 e. The number of piperazine rings is 1. The quantitative estimate of drug-likeness (QED) is 0.924. The Balaban J connectivity index is 1.69. The highest BCUT2D eigenvalue weighted by Crippen LogP contribution is 2.21. The number of rotatable bonds is 3. The predicted octanol–water partition coefficient (Wildman–Crippen LogP) is 1.99. The van der Waals surface area contributed by atoms with Crippen molar-refractivity contribution in [2.75, 3.05) is 31.1 Å². The van der Waals surface area contributed by atoms with Crippen molar-refractivity contribution < 1.29 is 4.74 Å². The maximum Gasteiger partial charge on any atom is 0.225 e. The SMILES string of the molecule is Cc1cccc(Oc2cnc(N3CCNCC3)nc2)c1. The number of nitrogens with one attached hydrogen (secondary N) is 1. The molecule has 2 aromatic rings. The maximum atomic E-state index is 5.75. The van der Waals surface area contributed by atoms with Crippen molar-refractivity contribution >= 4 is 5.95 Å². The lowest BCUT2D eigenvalue weighted by Gasteiger charge is -2.27. The highest BCUT2D eigenvalue weighted by atomic mass is 16.5. The van der Waals surface area contributed by atoms with Gasteiger partial charge in [0.25, 0.3) is 0 Å². The average molecular weight is 270 g/mol. The number of hydrogen-bond acceptors (Lipinski definition) is 5. The molecular weight excluding hydrogens is 252 g/mol. The Kier molecular flexibility index (Phi) is 3.78. The third-order valence-corrected chi connectivity index (χ3v) is 3.24. The number of benzene rings is 1. The molecular formula is C15H18N4O. The maximum absolute atomic E-state index is 5.75. The van der Waals surface area contributed by atoms with Crippen LogP contribution in [0.5, 0.6) is 11.5 Å². The summed E-state index contributed by atoms with van der Waals surface area (Å²) < 4.78 is 5.75. The van der Waals surface area contributed by atoms with E-state index >= 15 is 0 Å². The average Bonchev–Trinajstić information content (AvgIpc) is 2.49. The number of aryl methyl sites for hydroxylation is 1. The topological polar surface area (TPSA) is 50.3 Å². The van der Waals surface area contributed by atoms with Crippen LogP contribution in [0.25, 0.3) is 0 Å². The molecule has 1 aliphatic heterocycles. The molecule has 0 amide bonds. The molecule has 1 aromatic heterocycles. The standard InChI is InChI=1S/C15H18N4O/c1-12-3-2-4-13(9-12)20-14-10-17-15(18-11-14)19-7-5-16-6-8-19/h2-4,9-11,16H,5-8H2,1H3. The fourth-order valence-electron chi connectivity index (χ4n) is 2.21. The lowest BCUT2D eigenvalue weighted by molar-refractivity contribution is 0.476. The van der Waals surface area contributed by atoms with Gasteiger partial charge in [-0.1, -0.05) is 12.1 Å². The van der Waals surface area contributed by atoms with Gasteiger partial charge in [-0.05, 0) is 24.6 Å². The van der Waals surface area contributed by atoms with E-state index in [1.807, 2.05) is 31.2 Å². The molecule has 1 fully saturated rings. The first-order valence-corrected chi connectivity index (χ1v) is 6.83. The van der Waals surface area contributed by atoms with Crippen molar-refractivity contribution in [3.05, 3.63) is 42.2 Å². The van der Waals surface area contributed by atoms with Gasteiger partial charge in [0.1, 0.15) is 5.75 Å². The lowest BCUT2D eigenvalue weighted by Crippen LogP contribution is -2.44. The Morgan fingerprint density at radius 2 is 1.85 bits per heavy atom. The van der Waals surface area contributed by atoms with Crippen molar-refractivity contribution in [2.45, 2.75) is 6.92 Å². The monoisotopic (exact) mass is 270 g/mol. The summed E-state index contributed by atoms with van der Waals surface area (Å²) >= 11 is 0. The molecule has 0 saturated carbocycles. The molecule has 0 atom stereocenters. The lowest BCUT2D eigenvalue weighted by atomic mass is 10.2. The van der Waals surface area contributed by atoms with Crippen LogP contribution in [0, 0.1) is 6.92 Å². The van der Waals surface area contributed by atoms with Crippen molar-refractivity contribution in [3.8, 4) is 11.5 Å². The van der Waals surface area contributed by atoms with Crippen molar-refractivity contribution in [1.29, 1.82) is 0 Å². The second kappa shape index (κ2) is 5.88. The zero-order valence-corrected chi connectivity index (χ0v) is 11.5. The minimum atomic E-state index is 0.662. The van der Waals surface area contributed by atoms with Gasteiger partial charge in [0.15, 0.2) is 5.75 Å². The third kappa shape index (κ3) is 3.05. The molecule has 5 nitrogen and oxygen atoms in total. The van der Waals surface area contributed by atoms with E-state index in [-0.39, 0.29) is 0 Å². The summed E-state index contributed by atoms with van der Waals surface area (Å²) in [5.41, 5.74) is 1.17. The van der Waals surface area contributed by atoms with Crippen molar-refractivity contribution in [1.82, 2.24) is 15.3 Å². The van der Waals surface area contributed by atoms with Crippen LogP contribution in [0.3, 0.4) is 0 Å². The molecule has 0 radical (unpaired) electrons. The Bertz CT molecular complexity index is 564. The first-order valence-electron chi connectivity index (χ1n) is 6.83. The first kappa shape index (κ1) is 12.9. The summed E-state index contributed by atoms with van der Waals surface area (Å²) in [4.78, 5) is 10.9. The predicted molar refractivity (Wildman–Crippen MR) is 78.4 cm³/mol. The number of hydrogen-bond donors (Lipinski definition) is 1. The van der Waals surface area contributed by atoms with Crippen LogP contribution < -0.4 is 15.0 Å². The Labute approximate surface area is 118 Å². The van der Waals surface area contributed by atoms with Gasteiger partial charge < -0.3 is 15.0 Å². The van der Waals surface area contributed by atoms with E-state index in [1.54, 1.807) is 12.4 Å². The molecule has 104 valence electrons. The number of anilines is 1. The highest BCUT2D eigenvalue weighted by Gasteiger charge is 2.12. The normalized spacial score (nSPS) is 15.2. The molecule has 1 saturated heterocycles. The van der Waals surface area contributed by atoms with Crippen molar-refractivity contribution in [2.24, 2.45) is 0 Å². The molecule has 3 rings (SSSR count). The van der Waals surface area contributed by atoms with Crippen LogP contribution in [0.15, 0.2) is 36.7 Å². The molecule has 0 unspecified atom stereocenters. The third-order valence-electron chi connectivity index (χ3n) is 3.24. The fraction of sp³-hybridized carbons (Fsp3) is 0.333. The zero-order chi connectivity index (χ0) is 13.8. The second-order valence-electron chi connectivity index (χ2n) is 4.87. The molecule has 1 N–H and O–H groups in total. The summed E-state index contributed by atoms with van der Waals surface area (Å²) in [5, 5.41) is 3.31. The molecule has 0 spiro atoms. The molecule has 1 aliphatic rings. The number of ether oxygens (including phenoxy) is 1. The van der Waals surface area contributed by atoms with Gasteiger partial charge in [0.05, 0.1) is 12.4 Å². The summed E-state index contributed by atoms with van der Waals surface area (Å²) in [6.07, 6.45) is 3.46. The van der Waals surface area contributed by atoms with Gasteiger partial charge in [0.2, 0.25) is 5.95 Å². The minimum absolute atomic E-state index is 0.662. The van der Waals surface area contributed by atoms with Gasteiger partial charge in [0, 0.05) is 26.2 Å². The second-order valence-corrected chi connectivity index (χ2v) is 4.87. The van der Waals surface area contributed by atoms with Crippen LogP contribution in [0.2, 0.25) is 0 Å². The van der Waals surface area contributed by atoms with Crippen LogP contribution in [0.4, 0.5) is 5.95 Å². The summed E-state index contributed by atoms with van der Waals surface area (Å²) in [7, 11) is 0. The minimum Gasteiger partial charge on any atom is -0.454 e. The zero-order valence-electron chi connectivity index (χ0n) is 11.5. The van der Waals surface area contributed by atoms with E-state index in [2.05, 4.69) is 20.2 Å². The van der Waals surface area contributed by atoms with Crippen LogP contribution in [-0.4, -0.2) is 36.1 Å². The molecule has 5 heteroatoms. The number of aromatic nitrogens is 2. The summed E-state index contributed by atoms with van der Waals surface area (Å²) in [6.45, 7) is 5.88. The molecule has 0 bridgehead atoms. The summed E-state index contributed by atoms with van der Waals surface area (Å²) in [6, 6.07) is 7.93. The van der Waals surface area contributed by atoms with Crippen LogP contribution >= 0.6 is 0 Å². The van der Waals surface area contributed by atoms with E-state index < -0.39 is 0 Å². The molecule has 20 heavy (non-hydrogen) atoms. The fourth-order valence-corrected chi connectivity index (χ4v) is 2.21. The van der Waals surface area contributed by atoms with Gasteiger partial charge in [-0.3, -0.25) is 0 Å². The van der Waals surface area contributed by atoms with E-state index in [0.717, 1.165) is 37.9 Å².